The Kier molecular flexibility index (Phi) is 5.67. The summed E-state index contributed by atoms with van der Waals surface area (Å²) in [6, 6.07) is 1.33. The molecule has 0 aliphatic carbocycles. The van der Waals surface area contributed by atoms with Gasteiger partial charge in [0.25, 0.3) is 5.56 Å². The first-order valence-corrected chi connectivity index (χ1v) is 8.55. The van der Waals surface area contributed by atoms with Gasteiger partial charge in [0.15, 0.2) is 5.16 Å². The number of hydrogen-bond acceptors (Lipinski definition) is 7. The van der Waals surface area contributed by atoms with Crippen LogP contribution in [-0.2, 0) is 4.79 Å². The molecule has 1 atom stereocenters. The summed E-state index contributed by atoms with van der Waals surface area (Å²) in [5.41, 5.74) is -0.238. The van der Waals surface area contributed by atoms with Crippen molar-refractivity contribution in [2.75, 3.05) is 5.32 Å². The van der Waals surface area contributed by atoms with Crippen molar-refractivity contribution in [3.63, 3.8) is 0 Å². The van der Waals surface area contributed by atoms with E-state index in [-0.39, 0.29) is 22.6 Å². The minimum Gasteiger partial charge on any atom is -0.301 e. The van der Waals surface area contributed by atoms with E-state index in [0.29, 0.717) is 16.7 Å². The molecule has 0 bridgehead atoms. The number of H-pyrrole nitrogens is 1. The number of nitrogens with one attached hydrogen (secondary N) is 2. The Bertz CT molecular complexity index is 697. The fourth-order valence-corrected chi connectivity index (χ4v) is 3.21. The van der Waals surface area contributed by atoms with Gasteiger partial charge in [0.05, 0.1) is 5.25 Å². The number of aromatic nitrogens is 4. The van der Waals surface area contributed by atoms with Gasteiger partial charge >= 0.3 is 0 Å². The van der Waals surface area contributed by atoms with Gasteiger partial charge in [-0.2, -0.15) is 0 Å². The number of rotatable bonds is 6. The van der Waals surface area contributed by atoms with Crippen molar-refractivity contribution in [2.45, 2.75) is 43.5 Å². The van der Waals surface area contributed by atoms with E-state index in [9.17, 15) is 9.59 Å². The molecule has 1 unspecified atom stereocenters. The van der Waals surface area contributed by atoms with Crippen LogP contribution in [0.1, 0.15) is 38.1 Å². The van der Waals surface area contributed by atoms with E-state index in [1.165, 1.54) is 35.4 Å². The van der Waals surface area contributed by atoms with E-state index in [4.69, 9.17) is 0 Å². The van der Waals surface area contributed by atoms with Crippen molar-refractivity contribution >= 4 is 34.1 Å². The number of thioether (sulfide) groups is 1. The van der Waals surface area contributed by atoms with Gasteiger partial charge in [-0.3, -0.25) is 14.9 Å². The lowest BCUT2D eigenvalue weighted by atomic mass is 10.2. The summed E-state index contributed by atoms with van der Waals surface area (Å²) >= 11 is 2.59. The molecule has 1 amide bonds. The average molecular weight is 339 g/mol. The quantitative estimate of drug-likeness (QED) is 0.618. The van der Waals surface area contributed by atoms with Gasteiger partial charge in [-0.15, -0.1) is 10.2 Å². The highest BCUT2D eigenvalue weighted by atomic mass is 32.2. The lowest BCUT2D eigenvalue weighted by Crippen LogP contribution is -2.25. The van der Waals surface area contributed by atoms with Gasteiger partial charge in [-0.05, 0) is 6.42 Å². The van der Waals surface area contributed by atoms with Gasteiger partial charge in [-0.1, -0.05) is 43.9 Å². The second kappa shape index (κ2) is 7.50. The zero-order chi connectivity index (χ0) is 16.1. The molecule has 0 aliphatic heterocycles. The summed E-state index contributed by atoms with van der Waals surface area (Å²) in [4.78, 5) is 30.2. The fraction of sp³-hybridized carbons (Fsp3) is 0.462. The first kappa shape index (κ1) is 16.6. The fourth-order valence-electron chi connectivity index (χ4n) is 1.57. The number of carbonyl (C=O) groups excluding carboxylic acids is 1. The van der Waals surface area contributed by atoms with E-state index >= 15 is 0 Å². The van der Waals surface area contributed by atoms with E-state index in [2.05, 4.69) is 25.5 Å². The Labute approximate surface area is 136 Å². The molecular weight excluding hydrogens is 322 g/mol. The molecule has 7 nitrogen and oxygen atoms in total. The second-order valence-corrected chi connectivity index (χ2v) is 7.04. The minimum atomic E-state index is -0.364. The lowest BCUT2D eigenvalue weighted by Gasteiger charge is -2.12. The molecule has 0 saturated heterocycles. The summed E-state index contributed by atoms with van der Waals surface area (Å²) in [5.74, 6) is 0.101. The number of nitrogens with zero attached hydrogens (tertiary/aromatic N) is 3. The summed E-state index contributed by atoms with van der Waals surface area (Å²) in [6.07, 6.45) is 2.02. The third kappa shape index (κ3) is 4.38. The maximum atomic E-state index is 12.3. The monoisotopic (exact) mass is 339 g/mol. The standard InChI is InChI=1S/C13H17N5O2S2/c1-4-8(21-12-14-6-5-9(19)15-12)10(20)16-13-18-17-11(22-13)7(2)3/h5-8H,4H2,1-3H3,(H,14,15,19)(H,16,18,20). The van der Waals surface area contributed by atoms with Crippen LogP contribution < -0.4 is 10.9 Å². The summed E-state index contributed by atoms with van der Waals surface area (Å²) in [6.45, 7) is 5.94. The molecule has 22 heavy (non-hydrogen) atoms. The second-order valence-electron chi connectivity index (χ2n) is 4.84. The maximum Gasteiger partial charge on any atom is 0.251 e. The molecule has 2 rings (SSSR count). The molecule has 9 heteroatoms. The molecule has 0 aromatic carbocycles. The SMILES string of the molecule is CCC(Sc1nccc(=O)[nH]1)C(=O)Nc1nnc(C(C)C)s1. The zero-order valence-corrected chi connectivity index (χ0v) is 14.1. The predicted octanol–water partition coefficient (Wildman–Crippen LogP) is 2.25. The Morgan fingerprint density at radius 2 is 2.23 bits per heavy atom. The van der Waals surface area contributed by atoms with Crippen LogP contribution in [0.15, 0.2) is 22.2 Å². The molecule has 2 heterocycles. The molecule has 0 fully saturated rings. The highest BCUT2D eigenvalue weighted by molar-refractivity contribution is 8.00. The third-order valence-electron chi connectivity index (χ3n) is 2.73. The summed E-state index contributed by atoms with van der Waals surface area (Å²) in [7, 11) is 0. The number of carbonyl (C=O) groups is 1. The van der Waals surface area contributed by atoms with Crippen LogP contribution in [0.4, 0.5) is 5.13 Å². The smallest absolute Gasteiger partial charge is 0.251 e. The van der Waals surface area contributed by atoms with Crippen molar-refractivity contribution in [1.29, 1.82) is 0 Å². The predicted molar refractivity (Wildman–Crippen MR) is 87.4 cm³/mol. The Balaban J connectivity index is 2.03. The van der Waals surface area contributed by atoms with Crippen LogP contribution in [0.2, 0.25) is 0 Å². The van der Waals surface area contributed by atoms with Crippen LogP contribution in [0.5, 0.6) is 0 Å². The molecule has 0 radical (unpaired) electrons. The highest BCUT2D eigenvalue weighted by Crippen LogP contribution is 2.25. The Morgan fingerprint density at radius 1 is 1.45 bits per heavy atom. The van der Waals surface area contributed by atoms with Crippen LogP contribution in [0.3, 0.4) is 0 Å². The van der Waals surface area contributed by atoms with Gasteiger partial charge in [0, 0.05) is 18.2 Å². The molecule has 0 spiro atoms. The van der Waals surface area contributed by atoms with Crippen LogP contribution in [0, 0.1) is 0 Å². The zero-order valence-electron chi connectivity index (χ0n) is 12.5. The molecule has 2 aromatic heterocycles. The van der Waals surface area contributed by atoms with E-state index in [1.807, 2.05) is 20.8 Å². The molecule has 118 valence electrons. The van der Waals surface area contributed by atoms with Crippen LogP contribution in [-0.4, -0.2) is 31.3 Å². The topological polar surface area (TPSA) is 101 Å². The van der Waals surface area contributed by atoms with Gasteiger partial charge in [0.2, 0.25) is 11.0 Å². The van der Waals surface area contributed by atoms with Gasteiger partial charge < -0.3 is 4.98 Å². The van der Waals surface area contributed by atoms with Crippen molar-refractivity contribution in [2.24, 2.45) is 0 Å². The lowest BCUT2D eigenvalue weighted by molar-refractivity contribution is -0.115. The molecule has 0 saturated carbocycles. The number of hydrogen-bond donors (Lipinski definition) is 2. The van der Waals surface area contributed by atoms with Crippen molar-refractivity contribution in [3.05, 3.63) is 27.6 Å². The normalized spacial score (nSPS) is 12.4. The Hall–Kier alpha value is -1.74. The van der Waals surface area contributed by atoms with Crippen LogP contribution >= 0.6 is 23.1 Å². The molecule has 2 aromatic rings. The minimum absolute atomic E-state index is 0.176. The first-order chi connectivity index (χ1) is 10.5. The van der Waals surface area contributed by atoms with Gasteiger partial charge in [0.1, 0.15) is 5.01 Å². The number of amides is 1. The van der Waals surface area contributed by atoms with E-state index in [0.717, 1.165) is 5.01 Å². The Morgan fingerprint density at radius 3 is 2.82 bits per heavy atom. The van der Waals surface area contributed by atoms with E-state index in [1.54, 1.807) is 0 Å². The number of anilines is 1. The van der Waals surface area contributed by atoms with Crippen molar-refractivity contribution < 1.29 is 4.79 Å². The maximum absolute atomic E-state index is 12.3. The molecular formula is C13H17N5O2S2. The van der Waals surface area contributed by atoms with Crippen LogP contribution in [0.25, 0.3) is 0 Å². The molecule has 0 aliphatic rings. The van der Waals surface area contributed by atoms with Gasteiger partial charge in [-0.25, -0.2) is 4.98 Å². The first-order valence-electron chi connectivity index (χ1n) is 6.85. The van der Waals surface area contributed by atoms with E-state index < -0.39 is 0 Å². The highest BCUT2D eigenvalue weighted by Gasteiger charge is 2.21. The van der Waals surface area contributed by atoms with Crippen molar-refractivity contribution in [1.82, 2.24) is 20.2 Å². The van der Waals surface area contributed by atoms with Crippen molar-refractivity contribution in [3.8, 4) is 0 Å². The number of aromatic amines is 1. The summed E-state index contributed by atoms with van der Waals surface area (Å²) in [5, 5.41) is 12.2. The largest absolute Gasteiger partial charge is 0.301 e. The molecule has 2 N–H and O–H groups in total. The third-order valence-corrected chi connectivity index (χ3v) is 5.13. The average Bonchev–Trinajstić information content (AvgIpc) is 2.93. The summed E-state index contributed by atoms with van der Waals surface area (Å²) < 4.78 is 0.